The van der Waals surface area contributed by atoms with Gasteiger partial charge in [0.1, 0.15) is 5.82 Å². The topological polar surface area (TPSA) is 86.2 Å². The second kappa shape index (κ2) is 7.57. The van der Waals surface area contributed by atoms with Crippen molar-refractivity contribution in [3.05, 3.63) is 23.9 Å². The van der Waals surface area contributed by atoms with E-state index in [1.54, 1.807) is 13.3 Å². The number of hydrazine groups is 1. The van der Waals surface area contributed by atoms with Gasteiger partial charge in [-0.15, -0.1) is 0 Å². The maximum atomic E-state index is 5.92. The van der Waals surface area contributed by atoms with Crippen LogP contribution in [0.3, 0.4) is 0 Å². The number of methoxy groups -OCH3 is 1. The summed E-state index contributed by atoms with van der Waals surface area (Å²) in [4.78, 5) is 4.13. The number of nitrogens with two attached hydrogens (primary N) is 2. The Morgan fingerprint density at radius 2 is 2.15 bits per heavy atom. The molecule has 5 nitrogen and oxygen atoms in total. The van der Waals surface area contributed by atoms with Gasteiger partial charge in [0, 0.05) is 13.3 Å². The van der Waals surface area contributed by atoms with E-state index in [0.29, 0.717) is 11.7 Å². The highest BCUT2D eigenvalue weighted by molar-refractivity contribution is 5.39. The summed E-state index contributed by atoms with van der Waals surface area (Å²) in [6.45, 7) is 0. The van der Waals surface area contributed by atoms with Gasteiger partial charge in [0.05, 0.1) is 12.1 Å². The minimum absolute atomic E-state index is 0.0644. The highest BCUT2D eigenvalue weighted by Crippen LogP contribution is 2.30. The Balaban J connectivity index is 2.06. The number of pyridine rings is 1. The van der Waals surface area contributed by atoms with Gasteiger partial charge >= 0.3 is 0 Å². The van der Waals surface area contributed by atoms with Gasteiger partial charge in [0.2, 0.25) is 0 Å². The molecule has 2 unspecified atom stereocenters. The minimum atomic E-state index is 0.0644. The number of nitrogens with zero attached hydrogens (tertiary/aromatic N) is 1. The maximum absolute atomic E-state index is 5.92. The summed E-state index contributed by atoms with van der Waals surface area (Å²) in [6, 6.07) is 3.97. The van der Waals surface area contributed by atoms with E-state index < -0.39 is 0 Å². The molecule has 0 spiro atoms. The molecule has 1 aliphatic carbocycles. The van der Waals surface area contributed by atoms with Crippen LogP contribution in [0, 0.1) is 5.92 Å². The Morgan fingerprint density at radius 3 is 2.75 bits per heavy atom. The van der Waals surface area contributed by atoms with Gasteiger partial charge in [-0.3, -0.25) is 11.3 Å². The van der Waals surface area contributed by atoms with Crippen molar-refractivity contribution in [2.24, 2.45) is 11.8 Å². The van der Waals surface area contributed by atoms with E-state index in [4.69, 9.17) is 16.3 Å². The molecule has 0 amide bonds. The Labute approximate surface area is 121 Å². The fraction of sp³-hybridized carbons (Fsp3) is 0.667. The van der Waals surface area contributed by atoms with Crippen LogP contribution in [0.4, 0.5) is 5.82 Å². The highest BCUT2D eigenvalue weighted by atomic mass is 16.5. The first-order valence-electron chi connectivity index (χ1n) is 7.44. The molecule has 0 saturated heterocycles. The summed E-state index contributed by atoms with van der Waals surface area (Å²) >= 11 is 0. The third-order valence-corrected chi connectivity index (χ3v) is 4.36. The summed E-state index contributed by atoms with van der Waals surface area (Å²) in [6.07, 6.45) is 8.93. The molecule has 1 heterocycles. The van der Waals surface area contributed by atoms with E-state index in [9.17, 15) is 0 Å². The molecule has 5 N–H and O–H groups in total. The van der Waals surface area contributed by atoms with Crippen molar-refractivity contribution in [2.45, 2.75) is 50.7 Å². The zero-order chi connectivity index (χ0) is 14.4. The SMILES string of the molecule is COC(C1CCCCC1)C(Cc1cccnc1N)NN. The van der Waals surface area contributed by atoms with E-state index in [2.05, 4.69) is 10.4 Å². The molecule has 112 valence electrons. The summed E-state index contributed by atoms with van der Waals surface area (Å²) in [5, 5.41) is 0. The van der Waals surface area contributed by atoms with Crippen LogP contribution in [0.25, 0.3) is 0 Å². The number of anilines is 1. The van der Waals surface area contributed by atoms with E-state index in [0.717, 1.165) is 12.0 Å². The monoisotopic (exact) mass is 278 g/mol. The van der Waals surface area contributed by atoms with Crippen LogP contribution in [0.1, 0.15) is 37.7 Å². The Hall–Kier alpha value is -1.17. The summed E-state index contributed by atoms with van der Waals surface area (Å²) in [5.74, 6) is 6.91. The van der Waals surface area contributed by atoms with Crippen molar-refractivity contribution in [3.8, 4) is 0 Å². The summed E-state index contributed by atoms with van der Waals surface area (Å²) < 4.78 is 5.75. The van der Waals surface area contributed by atoms with Crippen LogP contribution in [0.5, 0.6) is 0 Å². The number of rotatable bonds is 6. The van der Waals surface area contributed by atoms with E-state index in [1.165, 1.54) is 32.1 Å². The zero-order valence-electron chi connectivity index (χ0n) is 12.2. The lowest BCUT2D eigenvalue weighted by Gasteiger charge is -2.34. The van der Waals surface area contributed by atoms with Gasteiger partial charge in [0.15, 0.2) is 0 Å². The van der Waals surface area contributed by atoms with Gasteiger partial charge in [-0.05, 0) is 36.8 Å². The van der Waals surface area contributed by atoms with Crippen LogP contribution >= 0.6 is 0 Å². The second-order valence-electron chi connectivity index (χ2n) is 5.62. The number of nitrogen functional groups attached to an aromatic ring is 1. The number of hydrogen-bond acceptors (Lipinski definition) is 5. The quantitative estimate of drug-likeness (QED) is 0.544. The van der Waals surface area contributed by atoms with E-state index in [1.807, 2.05) is 12.1 Å². The van der Waals surface area contributed by atoms with Crippen molar-refractivity contribution in [3.63, 3.8) is 0 Å². The predicted octanol–water partition coefficient (Wildman–Crippen LogP) is 1.63. The van der Waals surface area contributed by atoms with Crippen LogP contribution < -0.4 is 17.0 Å². The van der Waals surface area contributed by atoms with Crippen molar-refractivity contribution in [1.29, 1.82) is 0 Å². The third kappa shape index (κ3) is 3.69. The standard InChI is InChI=1S/C15H26N4O/c1-20-14(11-6-3-2-4-7-11)13(19-17)10-12-8-5-9-18-15(12)16/h5,8-9,11,13-14,19H,2-4,6-7,10,17H2,1H3,(H2,16,18). The van der Waals surface area contributed by atoms with Crippen molar-refractivity contribution in [2.75, 3.05) is 12.8 Å². The maximum Gasteiger partial charge on any atom is 0.126 e. The molecular weight excluding hydrogens is 252 g/mol. The van der Waals surface area contributed by atoms with Gasteiger partial charge < -0.3 is 10.5 Å². The Kier molecular flexibility index (Phi) is 5.76. The average Bonchev–Trinajstić information content (AvgIpc) is 2.50. The Bertz CT molecular complexity index is 407. The van der Waals surface area contributed by atoms with Crippen LogP contribution in [0.2, 0.25) is 0 Å². The van der Waals surface area contributed by atoms with Crippen molar-refractivity contribution >= 4 is 5.82 Å². The molecule has 0 aliphatic heterocycles. The van der Waals surface area contributed by atoms with Gasteiger partial charge in [-0.1, -0.05) is 25.3 Å². The molecule has 1 aromatic heterocycles. The first kappa shape index (κ1) is 15.2. The normalized spacial score (nSPS) is 19.7. The van der Waals surface area contributed by atoms with Crippen LogP contribution in [-0.4, -0.2) is 24.2 Å². The molecule has 0 aromatic carbocycles. The fourth-order valence-electron chi connectivity index (χ4n) is 3.28. The largest absolute Gasteiger partial charge is 0.383 e. The molecule has 2 rings (SSSR count). The number of aromatic nitrogens is 1. The molecule has 2 atom stereocenters. The van der Waals surface area contributed by atoms with Gasteiger partial charge in [0.25, 0.3) is 0 Å². The predicted molar refractivity (Wildman–Crippen MR) is 80.8 cm³/mol. The molecule has 1 aliphatic rings. The lowest BCUT2D eigenvalue weighted by Crippen LogP contribution is -2.49. The lowest BCUT2D eigenvalue weighted by atomic mass is 9.81. The van der Waals surface area contributed by atoms with Crippen LogP contribution in [0.15, 0.2) is 18.3 Å². The molecule has 0 bridgehead atoms. The second-order valence-corrected chi connectivity index (χ2v) is 5.62. The molecule has 1 fully saturated rings. The Morgan fingerprint density at radius 1 is 1.40 bits per heavy atom. The summed E-state index contributed by atoms with van der Waals surface area (Å²) in [7, 11) is 1.77. The summed E-state index contributed by atoms with van der Waals surface area (Å²) in [5.41, 5.74) is 9.86. The lowest BCUT2D eigenvalue weighted by molar-refractivity contribution is 0.00830. The fourth-order valence-corrected chi connectivity index (χ4v) is 3.28. The average molecular weight is 278 g/mol. The first-order valence-corrected chi connectivity index (χ1v) is 7.44. The molecule has 20 heavy (non-hydrogen) atoms. The number of nitrogens with one attached hydrogen (secondary N) is 1. The molecule has 0 radical (unpaired) electrons. The zero-order valence-corrected chi connectivity index (χ0v) is 12.2. The third-order valence-electron chi connectivity index (χ3n) is 4.36. The smallest absolute Gasteiger partial charge is 0.126 e. The van der Waals surface area contributed by atoms with Crippen molar-refractivity contribution < 1.29 is 4.74 Å². The van der Waals surface area contributed by atoms with Crippen molar-refractivity contribution in [1.82, 2.24) is 10.4 Å². The highest BCUT2D eigenvalue weighted by Gasteiger charge is 2.30. The molecule has 1 aromatic rings. The minimum Gasteiger partial charge on any atom is -0.383 e. The van der Waals surface area contributed by atoms with Gasteiger partial charge in [-0.2, -0.15) is 0 Å². The number of ether oxygens (including phenoxy) is 1. The van der Waals surface area contributed by atoms with E-state index >= 15 is 0 Å². The first-order chi connectivity index (χ1) is 9.76. The molecular formula is C15H26N4O. The van der Waals surface area contributed by atoms with Gasteiger partial charge in [-0.25, -0.2) is 4.98 Å². The molecule has 5 heteroatoms. The van der Waals surface area contributed by atoms with Crippen LogP contribution in [-0.2, 0) is 11.2 Å². The van der Waals surface area contributed by atoms with E-state index in [-0.39, 0.29) is 12.1 Å². The number of hydrogen-bond donors (Lipinski definition) is 3. The molecule has 1 saturated carbocycles.